The Kier molecular flexibility index (Phi) is 11.8. The molecule has 1 saturated heterocycles. The average Bonchev–Trinajstić information content (AvgIpc) is 3.64. The number of fused-ring (bicyclic) bond motifs is 1. The van der Waals surface area contributed by atoms with E-state index in [4.69, 9.17) is 14.6 Å². The van der Waals surface area contributed by atoms with E-state index in [9.17, 15) is 19.5 Å². The molecule has 0 bridgehead atoms. The van der Waals surface area contributed by atoms with Gasteiger partial charge in [0.1, 0.15) is 34.8 Å². The summed E-state index contributed by atoms with van der Waals surface area (Å²) in [6.45, 7) is 6.73. The number of oxime groups is 1. The van der Waals surface area contributed by atoms with Crippen LogP contribution in [0.5, 0.6) is 0 Å². The number of aliphatic hydroxyl groups is 1. The maximum atomic E-state index is 14.0. The molecule has 54 heavy (non-hydrogen) atoms. The minimum absolute atomic E-state index is 0.0747. The Morgan fingerprint density at radius 3 is 2.11 bits per heavy atom. The van der Waals surface area contributed by atoms with Gasteiger partial charge >= 0.3 is 5.97 Å². The van der Waals surface area contributed by atoms with Gasteiger partial charge in [-0.25, -0.2) is 9.78 Å². The monoisotopic (exact) mass is 763 g/mol. The van der Waals surface area contributed by atoms with Crippen LogP contribution < -0.4 is 10.6 Å². The predicted octanol–water partition coefficient (Wildman–Crippen LogP) is 6.35. The average molecular weight is 764 g/mol. The number of hydrogen-bond donors (Lipinski definition) is 3. The third-order valence-electron chi connectivity index (χ3n) is 8.57. The van der Waals surface area contributed by atoms with E-state index in [2.05, 4.69) is 52.2 Å². The Morgan fingerprint density at radius 1 is 0.981 bits per heavy atom. The van der Waals surface area contributed by atoms with Gasteiger partial charge in [-0.1, -0.05) is 102 Å². The smallest absolute Gasteiger partial charge is 0.356 e. The van der Waals surface area contributed by atoms with E-state index >= 15 is 0 Å². The molecule has 3 N–H and O–H groups in total. The summed E-state index contributed by atoms with van der Waals surface area (Å²) in [5.74, 6) is -1.43. The molecule has 0 spiro atoms. The largest absolute Gasteiger partial charge is 0.455 e. The number of nitrogens with zero attached hydrogens (tertiary/aromatic N) is 3. The number of anilines is 1. The van der Waals surface area contributed by atoms with Crippen LogP contribution in [-0.2, 0) is 29.5 Å². The van der Waals surface area contributed by atoms with E-state index in [0.717, 1.165) is 16.7 Å². The lowest BCUT2D eigenvalue weighted by molar-refractivity contribution is -0.160. The quantitative estimate of drug-likeness (QED) is 0.0355. The van der Waals surface area contributed by atoms with Gasteiger partial charge in [0.05, 0.1) is 12.6 Å². The SMILES string of the molecule is CC=CO/N=C(\C(=O)NC1C(=O)N2C(C(=O)OC(C)(C)C)=C(/C=C/CO)SCC12)c1csc(NC(c2ccccc2)(c2ccccc2)c2ccccc2)n1. The highest BCUT2D eigenvalue weighted by molar-refractivity contribution is 8.03. The molecule has 2 aliphatic rings. The number of ether oxygens (including phenoxy) is 1. The second-order valence-electron chi connectivity index (χ2n) is 13.4. The number of aliphatic hydroxyl groups excluding tert-OH is 1. The molecular weight excluding hydrogens is 723 g/mol. The molecule has 2 amide bonds. The minimum Gasteiger partial charge on any atom is -0.455 e. The fourth-order valence-corrected chi connectivity index (χ4v) is 8.22. The highest BCUT2D eigenvalue weighted by Crippen LogP contribution is 2.42. The van der Waals surface area contributed by atoms with Crippen molar-refractivity contribution < 1.29 is 29.1 Å². The third-order valence-corrected chi connectivity index (χ3v) is 10.5. The first-order valence-electron chi connectivity index (χ1n) is 17.3. The Hall–Kier alpha value is -5.50. The lowest BCUT2D eigenvalue weighted by Gasteiger charge is -2.50. The van der Waals surface area contributed by atoms with Gasteiger partial charge in [0.15, 0.2) is 10.8 Å². The van der Waals surface area contributed by atoms with Crippen LogP contribution in [0.15, 0.2) is 137 Å². The summed E-state index contributed by atoms with van der Waals surface area (Å²) in [7, 11) is 0. The van der Waals surface area contributed by atoms with Gasteiger partial charge in [0.25, 0.3) is 11.8 Å². The Balaban J connectivity index is 1.30. The van der Waals surface area contributed by atoms with Crippen molar-refractivity contribution in [3.05, 3.63) is 154 Å². The van der Waals surface area contributed by atoms with Gasteiger partial charge < -0.3 is 25.3 Å². The topological polar surface area (TPSA) is 142 Å². The van der Waals surface area contributed by atoms with Gasteiger partial charge in [-0.2, -0.15) is 0 Å². The van der Waals surface area contributed by atoms with Crippen molar-refractivity contribution in [1.82, 2.24) is 15.2 Å². The first-order chi connectivity index (χ1) is 26.1. The van der Waals surface area contributed by atoms with E-state index < -0.39 is 41.0 Å². The number of amides is 2. The molecule has 1 aromatic heterocycles. The lowest BCUT2D eigenvalue weighted by atomic mass is 9.77. The van der Waals surface area contributed by atoms with Crippen LogP contribution in [0.1, 0.15) is 50.1 Å². The standard InChI is InChI=1S/C41H41N5O6S2/c1-5-24-51-45-33(36(48)43-34-31-26-53-32(22-15-23-47)35(46(31)37(34)49)38(50)52-40(2,3)4)30-25-54-39(42-30)44-41(27-16-9-6-10-17-27,28-18-11-7-12-19-28)29-20-13-8-14-21-29/h5-22,24-25,31,34,47H,23,26H2,1-4H3,(H,42,44)(H,43,48)/b22-15+,24-5?,45-33-. The highest BCUT2D eigenvalue weighted by Gasteiger charge is 2.54. The summed E-state index contributed by atoms with van der Waals surface area (Å²) in [5, 5.41) is 22.3. The number of hydrogen-bond acceptors (Lipinski definition) is 11. The molecule has 2 aliphatic heterocycles. The molecule has 1 fully saturated rings. The number of thioether (sulfide) groups is 1. The molecule has 11 nitrogen and oxygen atoms in total. The summed E-state index contributed by atoms with van der Waals surface area (Å²) in [6, 6.07) is 28.7. The lowest BCUT2D eigenvalue weighted by Crippen LogP contribution is -2.73. The summed E-state index contributed by atoms with van der Waals surface area (Å²) in [5.41, 5.74) is 1.46. The van der Waals surface area contributed by atoms with E-state index in [0.29, 0.717) is 15.8 Å². The van der Waals surface area contributed by atoms with Crippen molar-refractivity contribution in [3.8, 4) is 0 Å². The normalized spacial score (nSPS) is 17.7. The number of thiazole rings is 1. The van der Waals surface area contributed by atoms with Gasteiger partial charge in [0.2, 0.25) is 0 Å². The molecule has 3 heterocycles. The van der Waals surface area contributed by atoms with Crippen molar-refractivity contribution in [1.29, 1.82) is 0 Å². The van der Waals surface area contributed by atoms with Crippen LogP contribution in [0.3, 0.4) is 0 Å². The zero-order chi connectivity index (χ0) is 38.3. The number of benzene rings is 3. The predicted molar refractivity (Wildman–Crippen MR) is 212 cm³/mol. The van der Waals surface area contributed by atoms with Gasteiger partial charge in [-0.05, 0) is 56.5 Å². The van der Waals surface area contributed by atoms with Crippen LogP contribution in [-0.4, -0.2) is 68.5 Å². The van der Waals surface area contributed by atoms with Crippen LogP contribution in [0.2, 0.25) is 0 Å². The Morgan fingerprint density at radius 2 is 1.57 bits per heavy atom. The second-order valence-corrected chi connectivity index (χ2v) is 15.3. The molecule has 2 unspecified atom stereocenters. The molecule has 0 saturated carbocycles. The molecule has 278 valence electrons. The van der Waals surface area contributed by atoms with Crippen LogP contribution in [0.4, 0.5) is 5.13 Å². The molecule has 6 rings (SSSR count). The summed E-state index contributed by atoms with van der Waals surface area (Å²) in [6.07, 6.45) is 6.04. The first-order valence-corrected chi connectivity index (χ1v) is 19.2. The zero-order valence-electron chi connectivity index (χ0n) is 30.3. The molecule has 0 aliphatic carbocycles. The number of β-lactam (4-membered cyclic amide) rings is 1. The summed E-state index contributed by atoms with van der Waals surface area (Å²) < 4.78 is 5.63. The number of carbonyl (C=O) groups excluding carboxylic acids is 3. The first kappa shape index (κ1) is 38.2. The molecular formula is C41H41N5O6S2. The van der Waals surface area contributed by atoms with Gasteiger partial charge in [-0.15, -0.1) is 23.1 Å². The maximum Gasteiger partial charge on any atom is 0.356 e. The van der Waals surface area contributed by atoms with Crippen molar-refractivity contribution in [2.45, 2.75) is 50.9 Å². The maximum absolute atomic E-state index is 14.0. The van der Waals surface area contributed by atoms with Gasteiger partial charge in [0, 0.05) is 16.0 Å². The molecule has 13 heteroatoms. The summed E-state index contributed by atoms with van der Waals surface area (Å²) in [4.78, 5) is 53.1. The number of nitrogens with one attached hydrogen (secondary N) is 2. The van der Waals surface area contributed by atoms with Crippen LogP contribution in [0.25, 0.3) is 0 Å². The highest BCUT2D eigenvalue weighted by atomic mass is 32.2. The second kappa shape index (κ2) is 16.7. The van der Waals surface area contributed by atoms with Crippen molar-refractivity contribution in [3.63, 3.8) is 0 Å². The zero-order valence-corrected chi connectivity index (χ0v) is 31.9. The van der Waals surface area contributed by atoms with Crippen LogP contribution >= 0.6 is 23.1 Å². The van der Waals surface area contributed by atoms with E-state index in [1.54, 1.807) is 45.2 Å². The fourth-order valence-electron chi connectivity index (χ4n) is 6.26. The Labute approximate surface area is 322 Å². The van der Waals surface area contributed by atoms with Crippen molar-refractivity contribution >= 4 is 51.7 Å². The van der Waals surface area contributed by atoms with Crippen molar-refractivity contribution in [2.24, 2.45) is 5.16 Å². The number of allylic oxidation sites excluding steroid dienone is 2. The number of rotatable bonds is 13. The molecule has 4 aromatic rings. The number of carbonyl (C=O) groups is 3. The van der Waals surface area contributed by atoms with Crippen molar-refractivity contribution in [2.75, 3.05) is 17.7 Å². The molecule has 0 radical (unpaired) electrons. The van der Waals surface area contributed by atoms with E-state index in [1.807, 2.05) is 54.6 Å². The third kappa shape index (κ3) is 8.03. The number of aromatic nitrogens is 1. The Bertz CT molecular complexity index is 2000. The van der Waals surface area contributed by atoms with Crippen LogP contribution in [0, 0.1) is 0 Å². The molecule has 2 atom stereocenters. The van der Waals surface area contributed by atoms with Gasteiger partial charge in [-0.3, -0.25) is 14.5 Å². The summed E-state index contributed by atoms with van der Waals surface area (Å²) >= 11 is 2.64. The fraction of sp³-hybridized carbons (Fsp3) is 0.244. The van der Waals surface area contributed by atoms with E-state index in [-0.39, 0.29) is 23.7 Å². The minimum atomic E-state index is -0.948. The molecule has 3 aromatic carbocycles. The van der Waals surface area contributed by atoms with E-state index in [1.165, 1.54) is 40.3 Å². The number of esters is 1.